The molecule has 2 nitrogen and oxygen atoms in total. The van der Waals surface area contributed by atoms with Gasteiger partial charge < -0.3 is 5.32 Å². The molecule has 2 aliphatic carbocycles. The van der Waals surface area contributed by atoms with Gasteiger partial charge in [0.05, 0.1) is 0 Å². The normalized spacial score (nSPS) is 48.2. The van der Waals surface area contributed by atoms with Crippen LogP contribution in [-0.4, -0.2) is 17.9 Å². The van der Waals surface area contributed by atoms with Crippen molar-refractivity contribution in [2.24, 2.45) is 5.41 Å². The molecule has 0 aliphatic heterocycles. The van der Waals surface area contributed by atoms with E-state index in [0.717, 1.165) is 0 Å². The lowest BCUT2D eigenvalue weighted by Gasteiger charge is -2.45. The van der Waals surface area contributed by atoms with Crippen LogP contribution >= 0.6 is 0 Å². The summed E-state index contributed by atoms with van der Waals surface area (Å²) in [5.74, 6) is -2.46. The molecule has 4 heteroatoms. The highest BCUT2D eigenvalue weighted by Gasteiger charge is 2.78. The van der Waals surface area contributed by atoms with Gasteiger partial charge >= 0.3 is 0 Å². The van der Waals surface area contributed by atoms with Crippen LogP contribution in [0.4, 0.5) is 8.78 Å². The van der Waals surface area contributed by atoms with E-state index in [1.54, 1.807) is 6.92 Å². The fourth-order valence-electron chi connectivity index (χ4n) is 2.45. The quantitative estimate of drug-likeness (QED) is 0.630. The Bertz CT molecular complexity index is 233. The largest absolute Gasteiger partial charge is 0.353 e. The second-order valence-corrected chi connectivity index (χ2v) is 4.34. The number of amides is 1. The van der Waals surface area contributed by atoms with E-state index < -0.39 is 11.3 Å². The molecule has 2 rings (SSSR count). The third kappa shape index (κ3) is 0.807. The van der Waals surface area contributed by atoms with Gasteiger partial charge in [-0.15, -0.1) is 0 Å². The highest BCUT2D eigenvalue weighted by atomic mass is 19.3. The summed E-state index contributed by atoms with van der Waals surface area (Å²) in [5, 5.41) is 2.58. The zero-order valence-electron chi connectivity index (χ0n) is 6.86. The number of nitrogens with one attached hydrogen (secondary N) is 1. The Kier molecular flexibility index (Phi) is 1.20. The average Bonchev–Trinajstić information content (AvgIpc) is 2.32. The number of rotatable bonds is 2. The van der Waals surface area contributed by atoms with Crippen LogP contribution in [-0.2, 0) is 4.79 Å². The molecule has 12 heavy (non-hydrogen) atoms. The summed E-state index contributed by atoms with van der Waals surface area (Å²) >= 11 is 0. The van der Waals surface area contributed by atoms with Crippen molar-refractivity contribution in [3.8, 4) is 0 Å². The molecule has 0 aromatic rings. The highest BCUT2D eigenvalue weighted by molar-refractivity contribution is 5.49. The van der Waals surface area contributed by atoms with Crippen LogP contribution in [0.15, 0.2) is 0 Å². The smallest absolute Gasteiger partial charge is 0.254 e. The van der Waals surface area contributed by atoms with Crippen molar-refractivity contribution in [1.82, 2.24) is 5.32 Å². The van der Waals surface area contributed by atoms with E-state index in [1.807, 2.05) is 0 Å². The molecule has 0 bridgehead atoms. The Labute approximate surface area is 69.3 Å². The van der Waals surface area contributed by atoms with Gasteiger partial charge in [0.2, 0.25) is 6.41 Å². The maximum absolute atomic E-state index is 12.7. The fraction of sp³-hybridized carbons (Fsp3) is 0.875. The number of carbonyl (C=O) groups excluding carboxylic acids is 1. The Hall–Kier alpha value is -0.670. The molecule has 0 unspecified atom stereocenters. The number of carbonyl (C=O) groups is 1. The molecule has 0 atom stereocenters. The summed E-state index contributed by atoms with van der Waals surface area (Å²) in [6, 6.07) is 0. The Morgan fingerprint density at radius 2 is 1.83 bits per heavy atom. The van der Waals surface area contributed by atoms with Gasteiger partial charge in [0.25, 0.3) is 5.92 Å². The van der Waals surface area contributed by atoms with Crippen molar-refractivity contribution in [2.75, 3.05) is 0 Å². The summed E-state index contributed by atoms with van der Waals surface area (Å²) in [5.41, 5.74) is -1.13. The predicted octanol–water partition coefficient (Wildman–Crippen LogP) is 1.31. The molecule has 0 aromatic heterocycles. The van der Waals surface area contributed by atoms with Crippen LogP contribution in [0.25, 0.3) is 0 Å². The van der Waals surface area contributed by atoms with Crippen LogP contribution in [0.2, 0.25) is 0 Å². The summed E-state index contributed by atoms with van der Waals surface area (Å²) in [6.07, 6.45) is 1.45. The number of halogens is 2. The van der Waals surface area contributed by atoms with Gasteiger partial charge in [-0.3, -0.25) is 4.79 Å². The first-order valence-corrected chi connectivity index (χ1v) is 4.02. The molecule has 0 saturated heterocycles. The lowest BCUT2D eigenvalue weighted by Crippen LogP contribution is -2.55. The minimum Gasteiger partial charge on any atom is -0.353 e. The maximum atomic E-state index is 12.7. The number of hydrogen-bond donors (Lipinski definition) is 1. The molecule has 1 spiro atoms. The minimum atomic E-state index is -2.46. The van der Waals surface area contributed by atoms with Gasteiger partial charge in [-0.1, -0.05) is 0 Å². The van der Waals surface area contributed by atoms with Gasteiger partial charge in [-0.05, 0) is 19.8 Å². The molecule has 68 valence electrons. The van der Waals surface area contributed by atoms with Crippen molar-refractivity contribution in [3.05, 3.63) is 0 Å². The molecular weight excluding hydrogens is 164 g/mol. The van der Waals surface area contributed by atoms with Crippen LogP contribution in [0.5, 0.6) is 0 Å². The Morgan fingerprint density at radius 3 is 2.17 bits per heavy atom. The molecular formula is C8H11F2NO. The van der Waals surface area contributed by atoms with E-state index in [0.29, 0.717) is 19.3 Å². The first-order chi connectivity index (χ1) is 5.43. The molecule has 1 N–H and O–H groups in total. The van der Waals surface area contributed by atoms with Gasteiger partial charge in [-0.25, -0.2) is 8.78 Å². The number of hydrogen-bond acceptors (Lipinski definition) is 1. The van der Waals surface area contributed by atoms with Crippen LogP contribution in [0, 0.1) is 5.41 Å². The maximum Gasteiger partial charge on any atom is 0.254 e. The molecule has 2 saturated carbocycles. The molecule has 2 fully saturated rings. The van der Waals surface area contributed by atoms with E-state index in [9.17, 15) is 13.6 Å². The number of alkyl halides is 2. The summed E-state index contributed by atoms with van der Waals surface area (Å²) in [6.45, 7) is 1.81. The molecule has 1 amide bonds. The van der Waals surface area contributed by atoms with E-state index in [1.165, 1.54) is 0 Å². The monoisotopic (exact) mass is 175 g/mol. The second-order valence-electron chi connectivity index (χ2n) is 4.34. The average molecular weight is 175 g/mol. The minimum absolute atomic E-state index is 0.0100. The molecule has 0 radical (unpaired) electrons. The van der Waals surface area contributed by atoms with Crippen molar-refractivity contribution in [3.63, 3.8) is 0 Å². The summed E-state index contributed by atoms with van der Waals surface area (Å²) < 4.78 is 25.4. The van der Waals surface area contributed by atoms with Gasteiger partial charge in [0, 0.05) is 17.4 Å². The zero-order valence-corrected chi connectivity index (χ0v) is 6.86. The van der Waals surface area contributed by atoms with E-state index in [2.05, 4.69) is 5.32 Å². The second kappa shape index (κ2) is 1.80. The van der Waals surface area contributed by atoms with Crippen LogP contribution in [0.1, 0.15) is 26.2 Å². The van der Waals surface area contributed by atoms with Gasteiger partial charge in [0.1, 0.15) is 0 Å². The summed E-state index contributed by atoms with van der Waals surface area (Å²) in [7, 11) is 0. The first kappa shape index (κ1) is 7.95. The van der Waals surface area contributed by atoms with Gasteiger partial charge in [-0.2, -0.15) is 0 Å². The topological polar surface area (TPSA) is 29.1 Å². The van der Waals surface area contributed by atoms with Crippen molar-refractivity contribution in [2.45, 2.75) is 37.6 Å². The molecule has 2 aliphatic rings. The van der Waals surface area contributed by atoms with Gasteiger partial charge in [0.15, 0.2) is 0 Å². The summed E-state index contributed by atoms with van der Waals surface area (Å²) in [4.78, 5) is 10.1. The zero-order chi connectivity index (χ0) is 9.04. The van der Waals surface area contributed by atoms with E-state index in [-0.39, 0.29) is 12.0 Å². The standard InChI is InChI=1S/C8H11F2NO/c1-6(11-5-12)2-7(3-6)4-8(7,9)10/h5H,2-4H2,1H3,(H,11,12). The SMILES string of the molecule is CC1(NC=O)CC2(C1)CC2(F)F. The first-order valence-electron chi connectivity index (χ1n) is 4.02. The van der Waals surface area contributed by atoms with Crippen LogP contribution in [0.3, 0.4) is 0 Å². The molecule has 0 aromatic carbocycles. The fourth-order valence-corrected chi connectivity index (χ4v) is 2.45. The molecule has 0 heterocycles. The highest BCUT2D eigenvalue weighted by Crippen LogP contribution is 2.73. The van der Waals surface area contributed by atoms with Crippen LogP contribution < -0.4 is 5.32 Å². The lowest BCUT2D eigenvalue weighted by atomic mass is 9.66. The lowest BCUT2D eigenvalue weighted by molar-refractivity contribution is -0.114. The van der Waals surface area contributed by atoms with E-state index in [4.69, 9.17) is 0 Å². The van der Waals surface area contributed by atoms with E-state index >= 15 is 0 Å². The Morgan fingerprint density at radius 1 is 1.33 bits per heavy atom. The third-order valence-corrected chi connectivity index (χ3v) is 3.08. The van der Waals surface area contributed by atoms with Crippen molar-refractivity contribution < 1.29 is 13.6 Å². The van der Waals surface area contributed by atoms with Crippen molar-refractivity contribution >= 4 is 6.41 Å². The Balaban J connectivity index is 1.96. The van der Waals surface area contributed by atoms with Crippen molar-refractivity contribution in [1.29, 1.82) is 0 Å². The predicted molar refractivity (Wildman–Crippen MR) is 38.8 cm³/mol. The third-order valence-electron chi connectivity index (χ3n) is 3.08.